The average Bonchev–Trinajstić information content (AvgIpc) is 2.38. The van der Waals surface area contributed by atoms with Crippen LogP contribution >= 0.6 is 0 Å². The molecule has 1 aliphatic carbocycles. The minimum absolute atomic E-state index is 0.400. The summed E-state index contributed by atoms with van der Waals surface area (Å²) < 4.78 is 5.27. The highest BCUT2D eigenvalue weighted by molar-refractivity contribution is 4.85. The molecule has 0 spiro atoms. The lowest BCUT2D eigenvalue weighted by molar-refractivity contribution is 0.0758. The molecule has 4 atom stereocenters. The van der Waals surface area contributed by atoms with Crippen molar-refractivity contribution in [1.82, 2.24) is 4.90 Å². The number of hydrogen-bond acceptors (Lipinski definition) is 3. The van der Waals surface area contributed by atoms with Crippen molar-refractivity contribution in [2.45, 2.75) is 58.5 Å². The van der Waals surface area contributed by atoms with Crippen LogP contribution in [0.1, 0.15) is 46.5 Å². The lowest BCUT2D eigenvalue weighted by atomic mass is 9.77. The third-order valence-corrected chi connectivity index (χ3v) is 4.63. The van der Waals surface area contributed by atoms with Gasteiger partial charge in [-0.05, 0) is 44.6 Å². The van der Waals surface area contributed by atoms with Gasteiger partial charge in [0, 0.05) is 25.7 Å². The molecule has 0 aromatic carbocycles. The van der Waals surface area contributed by atoms with Gasteiger partial charge in [-0.25, -0.2) is 0 Å². The monoisotopic (exact) mass is 256 g/mol. The van der Waals surface area contributed by atoms with Crippen molar-refractivity contribution in [3.63, 3.8) is 0 Å². The summed E-state index contributed by atoms with van der Waals surface area (Å²) in [6.45, 7) is 9.83. The summed E-state index contributed by atoms with van der Waals surface area (Å²) in [5.41, 5.74) is 6.32. The van der Waals surface area contributed by atoms with Crippen molar-refractivity contribution in [1.29, 1.82) is 0 Å². The van der Waals surface area contributed by atoms with Crippen LogP contribution in [0.25, 0.3) is 0 Å². The summed E-state index contributed by atoms with van der Waals surface area (Å²) in [5.74, 6) is 1.56. The molecule has 1 fully saturated rings. The maximum absolute atomic E-state index is 6.32. The molecule has 108 valence electrons. The smallest absolute Gasteiger partial charge is 0.0615 e. The highest BCUT2D eigenvalue weighted by Gasteiger charge is 2.29. The van der Waals surface area contributed by atoms with E-state index in [-0.39, 0.29) is 0 Å². The van der Waals surface area contributed by atoms with Crippen LogP contribution in [-0.2, 0) is 4.74 Å². The Bertz CT molecular complexity index is 223. The van der Waals surface area contributed by atoms with E-state index < -0.39 is 0 Å². The Labute approximate surface area is 113 Å². The Morgan fingerprint density at radius 3 is 2.61 bits per heavy atom. The zero-order valence-electron chi connectivity index (χ0n) is 12.7. The fourth-order valence-electron chi connectivity index (χ4n) is 3.23. The van der Waals surface area contributed by atoms with Crippen molar-refractivity contribution < 1.29 is 4.74 Å². The topological polar surface area (TPSA) is 38.5 Å². The van der Waals surface area contributed by atoms with Gasteiger partial charge < -0.3 is 10.5 Å². The van der Waals surface area contributed by atoms with Gasteiger partial charge in [0.25, 0.3) is 0 Å². The first-order valence-corrected chi connectivity index (χ1v) is 7.60. The lowest BCUT2D eigenvalue weighted by Crippen LogP contribution is -2.46. The van der Waals surface area contributed by atoms with Crippen LogP contribution in [0.5, 0.6) is 0 Å². The molecule has 0 bridgehead atoms. The molecule has 4 unspecified atom stereocenters. The van der Waals surface area contributed by atoms with Crippen LogP contribution in [0, 0.1) is 11.8 Å². The predicted molar refractivity (Wildman–Crippen MR) is 77.7 cm³/mol. The summed E-state index contributed by atoms with van der Waals surface area (Å²) in [7, 11) is 1.78. The van der Waals surface area contributed by atoms with Gasteiger partial charge in [-0.3, -0.25) is 4.90 Å². The number of hydrogen-bond donors (Lipinski definition) is 1. The maximum atomic E-state index is 6.32. The van der Waals surface area contributed by atoms with Crippen LogP contribution in [0.2, 0.25) is 0 Å². The van der Waals surface area contributed by atoms with Crippen molar-refractivity contribution in [2.24, 2.45) is 17.6 Å². The van der Waals surface area contributed by atoms with E-state index in [9.17, 15) is 0 Å². The van der Waals surface area contributed by atoms with E-state index in [2.05, 4.69) is 25.7 Å². The van der Waals surface area contributed by atoms with E-state index in [0.717, 1.165) is 25.6 Å². The first kappa shape index (κ1) is 15.9. The molecule has 1 aliphatic rings. The largest absolute Gasteiger partial charge is 0.383 e. The molecular formula is C15H32N2O. The summed E-state index contributed by atoms with van der Waals surface area (Å²) in [4.78, 5) is 2.52. The van der Waals surface area contributed by atoms with Gasteiger partial charge in [0.1, 0.15) is 0 Å². The van der Waals surface area contributed by atoms with Crippen molar-refractivity contribution >= 4 is 0 Å². The van der Waals surface area contributed by atoms with Crippen molar-refractivity contribution in [2.75, 3.05) is 26.8 Å². The zero-order valence-corrected chi connectivity index (χ0v) is 12.7. The summed E-state index contributed by atoms with van der Waals surface area (Å²) >= 11 is 0. The normalized spacial score (nSPS) is 30.7. The van der Waals surface area contributed by atoms with Crippen LogP contribution < -0.4 is 5.73 Å². The van der Waals surface area contributed by atoms with Crippen LogP contribution in [-0.4, -0.2) is 43.8 Å². The van der Waals surface area contributed by atoms with Gasteiger partial charge >= 0.3 is 0 Å². The second kappa shape index (κ2) is 8.13. The number of rotatable bonds is 7. The molecule has 1 saturated carbocycles. The molecule has 0 aromatic rings. The molecule has 0 saturated heterocycles. The highest BCUT2D eigenvalue weighted by atomic mass is 16.5. The molecule has 0 radical (unpaired) electrons. The molecule has 1 rings (SSSR count). The SMILES string of the molecule is CCC1CCC(N)C(CN(CC)C(C)COC)C1. The zero-order chi connectivity index (χ0) is 13.5. The fourth-order valence-corrected chi connectivity index (χ4v) is 3.23. The number of ether oxygens (including phenoxy) is 1. The minimum atomic E-state index is 0.400. The molecule has 0 heterocycles. The second-order valence-electron chi connectivity index (χ2n) is 5.90. The molecule has 2 N–H and O–H groups in total. The first-order valence-electron chi connectivity index (χ1n) is 7.60. The van der Waals surface area contributed by atoms with Crippen LogP contribution in [0.4, 0.5) is 0 Å². The van der Waals surface area contributed by atoms with E-state index >= 15 is 0 Å². The van der Waals surface area contributed by atoms with E-state index in [1.165, 1.54) is 25.7 Å². The molecule has 3 heteroatoms. The fraction of sp³-hybridized carbons (Fsp3) is 1.00. The third kappa shape index (κ3) is 4.52. The average molecular weight is 256 g/mol. The number of nitrogens with two attached hydrogens (primary N) is 1. The Morgan fingerprint density at radius 2 is 2.06 bits per heavy atom. The standard InChI is InChI=1S/C15H32N2O/c1-5-13-7-8-15(16)14(9-13)10-17(6-2)12(3)11-18-4/h12-15H,5-11,16H2,1-4H3. The van der Waals surface area contributed by atoms with E-state index in [0.29, 0.717) is 18.0 Å². The quantitative estimate of drug-likeness (QED) is 0.760. The molecule has 18 heavy (non-hydrogen) atoms. The van der Waals surface area contributed by atoms with Gasteiger partial charge in [0.15, 0.2) is 0 Å². The summed E-state index contributed by atoms with van der Waals surface area (Å²) in [6.07, 6.45) is 5.16. The first-order chi connectivity index (χ1) is 8.62. The van der Waals surface area contributed by atoms with E-state index in [1.807, 2.05) is 0 Å². The number of methoxy groups -OCH3 is 1. The maximum Gasteiger partial charge on any atom is 0.0615 e. The van der Waals surface area contributed by atoms with Gasteiger partial charge in [-0.2, -0.15) is 0 Å². The Morgan fingerprint density at radius 1 is 1.33 bits per heavy atom. The van der Waals surface area contributed by atoms with E-state index in [4.69, 9.17) is 10.5 Å². The van der Waals surface area contributed by atoms with Gasteiger partial charge in [0.2, 0.25) is 0 Å². The van der Waals surface area contributed by atoms with Crippen molar-refractivity contribution in [3.05, 3.63) is 0 Å². The molecular weight excluding hydrogens is 224 g/mol. The summed E-state index contributed by atoms with van der Waals surface area (Å²) in [6, 6.07) is 0.894. The minimum Gasteiger partial charge on any atom is -0.383 e. The van der Waals surface area contributed by atoms with Crippen LogP contribution in [0.3, 0.4) is 0 Å². The predicted octanol–water partition coefficient (Wildman–Crippen LogP) is 2.50. The van der Waals surface area contributed by atoms with E-state index in [1.54, 1.807) is 7.11 Å². The Kier molecular flexibility index (Phi) is 7.20. The van der Waals surface area contributed by atoms with Gasteiger partial charge in [-0.15, -0.1) is 0 Å². The van der Waals surface area contributed by atoms with Gasteiger partial charge in [-0.1, -0.05) is 20.3 Å². The molecule has 3 nitrogen and oxygen atoms in total. The third-order valence-electron chi connectivity index (χ3n) is 4.63. The molecule has 0 aliphatic heterocycles. The summed E-state index contributed by atoms with van der Waals surface area (Å²) in [5, 5.41) is 0. The molecule has 0 aromatic heterocycles. The van der Waals surface area contributed by atoms with Gasteiger partial charge in [0.05, 0.1) is 6.61 Å². The Balaban J connectivity index is 2.50. The second-order valence-corrected chi connectivity index (χ2v) is 5.90. The molecule has 0 amide bonds. The Hall–Kier alpha value is -0.120. The number of nitrogens with zero attached hydrogens (tertiary/aromatic N) is 1. The lowest BCUT2D eigenvalue weighted by Gasteiger charge is -2.38. The number of likely N-dealkylation sites (N-methyl/N-ethyl adjacent to an activating group) is 1. The van der Waals surface area contributed by atoms with Crippen molar-refractivity contribution in [3.8, 4) is 0 Å². The highest BCUT2D eigenvalue weighted by Crippen LogP contribution is 2.31. The van der Waals surface area contributed by atoms with Crippen LogP contribution in [0.15, 0.2) is 0 Å².